The minimum Gasteiger partial charge on any atom is -0.490 e. The molecule has 6 heteroatoms. The number of benzene rings is 1. The molecular formula is C17H24BFO4. The first-order valence-corrected chi connectivity index (χ1v) is 8.18. The Kier molecular flexibility index (Phi) is 4.42. The fourth-order valence-corrected chi connectivity index (χ4v) is 2.73. The monoisotopic (exact) mass is 322 g/mol. The Bertz CT molecular complexity index is 554. The zero-order valence-corrected chi connectivity index (χ0v) is 14.2. The van der Waals surface area contributed by atoms with E-state index in [0.29, 0.717) is 24.4 Å². The molecular weight excluding hydrogens is 298 g/mol. The van der Waals surface area contributed by atoms with Gasteiger partial charge < -0.3 is 18.8 Å². The SMILES string of the molecule is CC1(C)OB(c2ccc(OC3CCOCC3)cc2F)OC1(C)C. The highest BCUT2D eigenvalue weighted by Gasteiger charge is 2.52. The normalized spacial score (nSPS) is 24.0. The van der Waals surface area contributed by atoms with Crippen LogP contribution in [0.5, 0.6) is 5.75 Å². The number of ether oxygens (including phenoxy) is 2. The Balaban J connectivity index is 1.72. The quantitative estimate of drug-likeness (QED) is 0.802. The van der Waals surface area contributed by atoms with E-state index in [1.165, 1.54) is 6.07 Å². The van der Waals surface area contributed by atoms with Gasteiger partial charge in [-0.2, -0.15) is 0 Å². The third kappa shape index (κ3) is 3.39. The molecule has 0 bridgehead atoms. The van der Waals surface area contributed by atoms with Gasteiger partial charge in [0.25, 0.3) is 0 Å². The van der Waals surface area contributed by atoms with Gasteiger partial charge in [-0.3, -0.25) is 0 Å². The lowest BCUT2D eigenvalue weighted by molar-refractivity contribution is 0.00578. The largest absolute Gasteiger partial charge is 0.497 e. The lowest BCUT2D eigenvalue weighted by Crippen LogP contribution is -2.41. The molecule has 2 fully saturated rings. The summed E-state index contributed by atoms with van der Waals surface area (Å²) in [6, 6.07) is 4.88. The molecule has 23 heavy (non-hydrogen) atoms. The van der Waals surface area contributed by atoms with Gasteiger partial charge in [-0.1, -0.05) is 6.07 Å². The molecule has 0 amide bonds. The van der Waals surface area contributed by atoms with Crippen LogP contribution in [0.1, 0.15) is 40.5 Å². The molecule has 1 aromatic carbocycles. The van der Waals surface area contributed by atoms with Gasteiger partial charge in [0.15, 0.2) is 0 Å². The third-order valence-corrected chi connectivity index (χ3v) is 4.95. The molecule has 0 aromatic heterocycles. The van der Waals surface area contributed by atoms with Crippen LogP contribution in [0.25, 0.3) is 0 Å². The number of halogens is 1. The minimum atomic E-state index is -0.697. The molecule has 2 heterocycles. The van der Waals surface area contributed by atoms with Gasteiger partial charge in [-0.15, -0.1) is 0 Å². The van der Waals surface area contributed by atoms with Gasteiger partial charge in [0.2, 0.25) is 0 Å². The highest BCUT2D eigenvalue weighted by Crippen LogP contribution is 2.36. The molecule has 0 atom stereocenters. The molecule has 1 aromatic rings. The lowest BCUT2D eigenvalue weighted by atomic mass is 9.78. The molecule has 0 spiro atoms. The predicted molar refractivity (Wildman–Crippen MR) is 86.6 cm³/mol. The summed E-state index contributed by atoms with van der Waals surface area (Å²) in [5.41, 5.74) is -0.564. The minimum absolute atomic E-state index is 0.0887. The highest BCUT2D eigenvalue weighted by molar-refractivity contribution is 6.62. The van der Waals surface area contributed by atoms with Crippen molar-refractivity contribution in [3.63, 3.8) is 0 Å². The summed E-state index contributed by atoms with van der Waals surface area (Å²) in [5, 5.41) is 0. The number of hydrogen-bond donors (Lipinski definition) is 0. The molecule has 3 rings (SSSR count). The maximum Gasteiger partial charge on any atom is 0.497 e. The van der Waals surface area contributed by atoms with Crippen molar-refractivity contribution in [1.29, 1.82) is 0 Å². The summed E-state index contributed by atoms with van der Waals surface area (Å²) in [6.45, 7) is 9.19. The van der Waals surface area contributed by atoms with Crippen LogP contribution >= 0.6 is 0 Å². The van der Waals surface area contributed by atoms with Crippen molar-refractivity contribution in [2.24, 2.45) is 0 Å². The molecule has 0 saturated carbocycles. The first kappa shape index (κ1) is 16.7. The predicted octanol–water partition coefficient (Wildman–Crippen LogP) is 2.68. The average Bonchev–Trinajstić information content (AvgIpc) is 2.68. The summed E-state index contributed by atoms with van der Waals surface area (Å²) in [5.74, 6) is 0.169. The first-order chi connectivity index (χ1) is 10.8. The van der Waals surface area contributed by atoms with Crippen LogP contribution in [0.4, 0.5) is 4.39 Å². The van der Waals surface area contributed by atoms with E-state index in [4.69, 9.17) is 18.8 Å². The van der Waals surface area contributed by atoms with Crippen molar-refractivity contribution in [2.45, 2.75) is 57.8 Å². The second kappa shape index (κ2) is 6.08. The number of hydrogen-bond acceptors (Lipinski definition) is 4. The molecule has 2 aliphatic heterocycles. The van der Waals surface area contributed by atoms with Crippen LogP contribution in [-0.4, -0.2) is 37.6 Å². The van der Waals surface area contributed by atoms with Crippen LogP contribution in [-0.2, 0) is 14.0 Å². The fourth-order valence-electron chi connectivity index (χ4n) is 2.73. The van der Waals surface area contributed by atoms with Crippen LogP contribution in [0, 0.1) is 5.82 Å². The molecule has 0 unspecified atom stereocenters. The lowest BCUT2D eigenvalue weighted by Gasteiger charge is -2.32. The van der Waals surface area contributed by atoms with Gasteiger partial charge in [0.05, 0.1) is 24.4 Å². The van der Waals surface area contributed by atoms with Crippen molar-refractivity contribution in [3.05, 3.63) is 24.0 Å². The summed E-state index contributed by atoms with van der Waals surface area (Å²) in [6.07, 6.45) is 1.76. The molecule has 0 radical (unpaired) electrons. The maximum absolute atomic E-state index is 14.5. The van der Waals surface area contributed by atoms with Gasteiger partial charge in [0.1, 0.15) is 17.7 Å². The molecule has 126 valence electrons. The maximum atomic E-state index is 14.5. The second-order valence-electron chi connectivity index (χ2n) is 7.20. The van der Waals surface area contributed by atoms with E-state index in [1.807, 2.05) is 27.7 Å². The Morgan fingerprint density at radius 3 is 2.26 bits per heavy atom. The Labute approximate surface area is 137 Å². The van der Waals surface area contributed by atoms with E-state index in [-0.39, 0.29) is 11.9 Å². The number of rotatable bonds is 3. The second-order valence-corrected chi connectivity index (χ2v) is 7.20. The summed E-state index contributed by atoms with van der Waals surface area (Å²) < 4.78 is 37.4. The van der Waals surface area contributed by atoms with Crippen molar-refractivity contribution in [1.82, 2.24) is 0 Å². The Morgan fingerprint density at radius 2 is 1.70 bits per heavy atom. The van der Waals surface area contributed by atoms with Crippen molar-refractivity contribution in [3.8, 4) is 5.75 Å². The van der Waals surface area contributed by atoms with Crippen molar-refractivity contribution >= 4 is 12.6 Å². The zero-order valence-electron chi connectivity index (χ0n) is 14.2. The summed E-state index contributed by atoms with van der Waals surface area (Å²) in [7, 11) is -0.697. The molecule has 2 aliphatic rings. The van der Waals surface area contributed by atoms with E-state index in [1.54, 1.807) is 12.1 Å². The van der Waals surface area contributed by atoms with E-state index < -0.39 is 18.3 Å². The van der Waals surface area contributed by atoms with E-state index in [2.05, 4.69) is 0 Å². The molecule has 4 nitrogen and oxygen atoms in total. The van der Waals surface area contributed by atoms with Crippen LogP contribution in [0.3, 0.4) is 0 Å². The van der Waals surface area contributed by atoms with E-state index >= 15 is 0 Å². The fraction of sp³-hybridized carbons (Fsp3) is 0.647. The van der Waals surface area contributed by atoms with Crippen LogP contribution < -0.4 is 10.2 Å². The van der Waals surface area contributed by atoms with E-state index in [9.17, 15) is 4.39 Å². The molecule has 0 aliphatic carbocycles. The average molecular weight is 322 g/mol. The highest BCUT2D eigenvalue weighted by atomic mass is 19.1. The van der Waals surface area contributed by atoms with Gasteiger partial charge in [0, 0.05) is 24.4 Å². The van der Waals surface area contributed by atoms with Crippen molar-refractivity contribution in [2.75, 3.05) is 13.2 Å². The first-order valence-electron chi connectivity index (χ1n) is 8.18. The Morgan fingerprint density at radius 1 is 1.09 bits per heavy atom. The van der Waals surface area contributed by atoms with Gasteiger partial charge in [-0.25, -0.2) is 4.39 Å². The van der Waals surface area contributed by atoms with E-state index in [0.717, 1.165) is 12.8 Å². The topological polar surface area (TPSA) is 36.9 Å². The van der Waals surface area contributed by atoms with Crippen LogP contribution in [0.2, 0.25) is 0 Å². The smallest absolute Gasteiger partial charge is 0.490 e. The molecule has 2 saturated heterocycles. The Hall–Kier alpha value is -1.11. The van der Waals surface area contributed by atoms with Gasteiger partial charge in [-0.05, 0) is 33.8 Å². The summed E-state index contributed by atoms with van der Waals surface area (Å²) in [4.78, 5) is 0. The van der Waals surface area contributed by atoms with Crippen LogP contribution in [0.15, 0.2) is 18.2 Å². The molecule has 0 N–H and O–H groups in total. The van der Waals surface area contributed by atoms with Crippen molar-refractivity contribution < 1.29 is 23.2 Å². The zero-order chi connectivity index (χ0) is 16.7. The summed E-state index contributed by atoms with van der Waals surface area (Å²) >= 11 is 0. The third-order valence-electron chi connectivity index (χ3n) is 4.95. The van der Waals surface area contributed by atoms with Gasteiger partial charge >= 0.3 is 7.12 Å². The standard InChI is InChI=1S/C17H24BFO4/c1-16(2)17(3,4)23-18(22-16)14-6-5-13(11-15(14)19)21-12-7-9-20-10-8-12/h5-6,11-12H,7-10H2,1-4H3.